The number of pyridine rings is 2. The molecule has 0 amide bonds. The first-order chi connectivity index (χ1) is 28.8. The van der Waals surface area contributed by atoms with Crippen molar-refractivity contribution in [2.75, 3.05) is 0 Å². The number of hydrogen-bond donors (Lipinski definition) is 0. The Bertz CT molecular complexity index is 2760. The van der Waals surface area contributed by atoms with Gasteiger partial charge >= 0.3 is 0 Å². The highest BCUT2D eigenvalue weighted by molar-refractivity contribution is 6.31. The van der Waals surface area contributed by atoms with Gasteiger partial charge in [-0.1, -0.05) is 133 Å². The van der Waals surface area contributed by atoms with Gasteiger partial charge in [-0.25, -0.2) is 8.78 Å². The van der Waals surface area contributed by atoms with Crippen LogP contribution in [0, 0.1) is 25.5 Å². The second-order valence-corrected chi connectivity index (χ2v) is 15.2. The third-order valence-electron chi connectivity index (χ3n) is 10.9. The predicted octanol–water partition coefficient (Wildman–Crippen LogP) is 15.4. The molecule has 0 fully saturated rings. The lowest BCUT2D eigenvalue weighted by atomic mass is 9.90. The van der Waals surface area contributed by atoms with Gasteiger partial charge in [0.05, 0.1) is 11.4 Å². The summed E-state index contributed by atoms with van der Waals surface area (Å²) in [5.74, 6) is -0.509. The monoisotopic (exact) mass is 786 g/mol. The second kappa shape index (κ2) is 16.1. The van der Waals surface area contributed by atoms with E-state index in [9.17, 15) is 8.78 Å². The third-order valence-corrected chi connectivity index (χ3v) is 11.1. The Labute approximate surface area is 348 Å². The zero-order chi connectivity index (χ0) is 40.5. The lowest BCUT2D eigenvalue weighted by molar-refractivity contribution is 0.627. The van der Waals surface area contributed by atoms with Gasteiger partial charge in [-0.15, -0.1) is 0 Å². The number of aromatic nitrogens is 2. The van der Waals surface area contributed by atoms with Crippen molar-refractivity contribution in [3.63, 3.8) is 0 Å². The summed E-state index contributed by atoms with van der Waals surface area (Å²) in [6, 6.07) is 57.3. The average molecular weight is 787 g/mol. The molecular weight excluding hydrogens is 750 g/mol. The largest absolute Gasteiger partial charge is 0.256 e. The highest BCUT2D eigenvalue weighted by Crippen LogP contribution is 2.40. The molecule has 2 nitrogen and oxygen atoms in total. The van der Waals surface area contributed by atoms with Gasteiger partial charge in [0.2, 0.25) is 0 Å². The number of nitrogens with zero attached hydrogens (tertiary/aromatic N) is 2. The van der Waals surface area contributed by atoms with Crippen LogP contribution in [0.25, 0.3) is 89.3 Å². The van der Waals surface area contributed by atoms with Gasteiger partial charge in [0.1, 0.15) is 11.6 Å². The molecule has 0 aliphatic heterocycles. The van der Waals surface area contributed by atoms with E-state index in [1.54, 1.807) is 24.3 Å². The Morgan fingerprint density at radius 3 is 1.00 bits per heavy atom. The van der Waals surface area contributed by atoms with E-state index in [-0.39, 0.29) is 11.6 Å². The van der Waals surface area contributed by atoms with Crippen LogP contribution in [0.15, 0.2) is 188 Å². The topological polar surface area (TPSA) is 25.8 Å². The van der Waals surface area contributed by atoms with Crippen molar-refractivity contribution in [3.8, 4) is 89.3 Å². The minimum atomic E-state index is -0.254. The predicted molar refractivity (Wildman–Crippen MR) is 240 cm³/mol. The van der Waals surface area contributed by atoms with Crippen LogP contribution >= 0.6 is 11.6 Å². The lowest BCUT2D eigenvalue weighted by Crippen LogP contribution is -1.91. The number of aryl methyl sites for hydroxylation is 2. The molecule has 0 unspecified atom stereocenters. The van der Waals surface area contributed by atoms with E-state index >= 15 is 0 Å². The van der Waals surface area contributed by atoms with Gasteiger partial charge in [-0.05, 0) is 135 Å². The molecule has 0 saturated heterocycles. The normalized spacial score (nSPS) is 11.1. The standard InChI is InChI=1S/C54H37ClF2N2/c1-34-27-53(58-32-51(34)38-19-23-45(56)24-20-38)40-15-11-36(12-16-40)47-7-3-5-9-49(47)42-29-43(31-44(55)30-42)50-10-6-4-8-48(50)37-13-17-41(18-14-37)54-28-35(2)52(33-59-54)39-21-25-46(57)26-22-39/h3-33H,1-2H3. The summed E-state index contributed by atoms with van der Waals surface area (Å²) < 4.78 is 27.0. The summed E-state index contributed by atoms with van der Waals surface area (Å²) in [5.41, 5.74) is 18.4. The van der Waals surface area contributed by atoms with E-state index in [4.69, 9.17) is 21.6 Å². The van der Waals surface area contributed by atoms with Gasteiger partial charge in [-0.3, -0.25) is 9.97 Å². The highest BCUT2D eigenvalue weighted by atomic mass is 35.5. The maximum atomic E-state index is 13.5. The van der Waals surface area contributed by atoms with Crippen LogP contribution < -0.4 is 0 Å². The van der Waals surface area contributed by atoms with Crippen LogP contribution in [0.2, 0.25) is 5.02 Å². The molecule has 0 aliphatic carbocycles. The summed E-state index contributed by atoms with van der Waals surface area (Å²) in [5, 5.41) is 0.656. The molecule has 0 spiro atoms. The van der Waals surface area contributed by atoms with E-state index in [0.29, 0.717) is 5.02 Å². The molecule has 7 aromatic carbocycles. The minimum Gasteiger partial charge on any atom is -0.256 e. The first-order valence-corrected chi connectivity index (χ1v) is 19.8. The molecule has 9 aromatic rings. The smallest absolute Gasteiger partial charge is 0.123 e. The summed E-state index contributed by atoms with van der Waals surface area (Å²) in [4.78, 5) is 9.54. The summed E-state index contributed by atoms with van der Waals surface area (Å²) in [6.45, 7) is 4.11. The Kier molecular flexibility index (Phi) is 10.2. The van der Waals surface area contributed by atoms with Crippen LogP contribution in [-0.4, -0.2) is 9.97 Å². The van der Waals surface area contributed by atoms with Gasteiger partial charge < -0.3 is 0 Å². The van der Waals surface area contributed by atoms with Crippen molar-refractivity contribution in [2.24, 2.45) is 0 Å². The van der Waals surface area contributed by atoms with E-state index in [1.807, 2.05) is 24.5 Å². The fraction of sp³-hybridized carbons (Fsp3) is 0.0370. The maximum Gasteiger partial charge on any atom is 0.123 e. The van der Waals surface area contributed by atoms with Crippen molar-refractivity contribution in [2.45, 2.75) is 13.8 Å². The van der Waals surface area contributed by atoms with Crippen LogP contribution in [-0.2, 0) is 0 Å². The summed E-state index contributed by atoms with van der Waals surface area (Å²) in [6.07, 6.45) is 3.73. The molecule has 0 saturated carbocycles. The molecule has 284 valence electrons. The molecule has 0 aliphatic rings. The van der Waals surface area contributed by atoms with E-state index < -0.39 is 0 Å². The lowest BCUT2D eigenvalue weighted by Gasteiger charge is -2.15. The van der Waals surface area contributed by atoms with Crippen molar-refractivity contribution in [1.29, 1.82) is 0 Å². The molecule has 5 heteroatoms. The second-order valence-electron chi connectivity index (χ2n) is 14.8. The molecule has 0 N–H and O–H groups in total. The number of hydrogen-bond acceptors (Lipinski definition) is 2. The van der Waals surface area contributed by atoms with Crippen molar-refractivity contribution < 1.29 is 8.78 Å². The van der Waals surface area contributed by atoms with Crippen LogP contribution in [0.1, 0.15) is 11.1 Å². The van der Waals surface area contributed by atoms with Gasteiger partial charge in [0.25, 0.3) is 0 Å². The van der Waals surface area contributed by atoms with Crippen LogP contribution in [0.3, 0.4) is 0 Å². The molecule has 0 radical (unpaired) electrons. The Balaban J connectivity index is 0.992. The van der Waals surface area contributed by atoms with Crippen molar-refractivity contribution >= 4 is 11.6 Å². The number of rotatable bonds is 8. The molecule has 9 rings (SSSR count). The van der Waals surface area contributed by atoms with Crippen molar-refractivity contribution in [1.82, 2.24) is 9.97 Å². The van der Waals surface area contributed by atoms with Gasteiger partial charge in [0.15, 0.2) is 0 Å². The van der Waals surface area contributed by atoms with E-state index in [0.717, 1.165) is 100 Å². The Hall–Kier alpha value is -7.01. The zero-order valence-electron chi connectivity index (χ0n) is 32.4. The van der Waals surface area contributed by atoms with Gasteiger partial charge in [-0.2, -0.15) is 0 Å². The summed E-state index contributed by atoms with van der Waals surface area (Å²) in [7, 11) is 0. The highest BCUT2D eigenvalue weighted by Gasteiger charge is 2.15. The fourth-order valence-corrected chi connectivity index (χ4v) is 8.04. The molecule has 2 heterocycles. The zero-order valence-corrected chi connectivity index (χ0v) is 33.2. The van der Waals surface area contributed by atoms with Crippen molar-refractivity contribution in [3.05, 3.63) is 216 Å². The van der Waals surface area contributed by atoms with Gasteiger partial charge in [0, 0.05) is 39.7 Å². The number of halogens is 3. The first-order valence-electron chi connectivity index (χ1n) is 19.4. The fourth-order valence-electron chi connectivity index (χ4n) is 7.81. The quantitative estimate of drug-likeness (QED) is 0.153. The average Bonchev–Trinajstić information content (AvgIpc) is 3.27. The Morgan fingerprint density at radius 2 is 0.644 bits per heavy atom. The Morgan fingerprint density at radius 1 is 0.339 bits per heavy atom. The van der Waals surface area contributed by atoms with E-state index in [1.165, 1.54) is 24.3 Å². The summed E-state index contributed by atoms with van der Waals surface area (Å²) >= 11 is 6.92. The number of benzene rings is 7. The molecule has 59 heavy (non-hydrogen) atoms. The van der Waals surface area contributed by atoms with E-state index in [2.05, 4.69) is 129 Å². The van der Waals surface area contributed by atoms with Crippen LogP contribution in [0.5, 0.6) is 0 Å². The third kappa shape index (κ3) is 7.83. The molecule has 0 bridgehead atoms. The molecule has 2 aromatic heterocycles. The first kappa shape index (κ1) is 37.6. The SMILES string of the molecule is Cc1cc(-c2ccc(-c3ccccc3-c3cc(Cl)cc(-c4ccccc4-c4ccc(-c5cc(C)c(-c6ccc(F)cc6)cn5)cc4)c3)cc2)ncc1-c1ccc(F)cc1. The molecular formula is C54H37ClF2N2. The molecule has 0 atom stereocenters. The minimum absolute atomic E-state index is 0.254. The maximum absolute atomic E-state index is 13.5. The van der Waals surface area contributed by atoms with Crippen LogP contribution in [0.4, 0.5) is 8.78 Å².